The van der Waals surface area contributed by atoms with Crippen molar-refractivity contribution in [2.24, 2.45) is 11.3 Å². The summed E-state index contributed by atoms with van der Waals surface area (Å²) in [6, 6.07) is 0. The van der Waals surface area contributed by atoms with Crippen molar-refractivity contribution in [1.29, 1.82) is 0 Å². The highest BCUT2D eigenvalue weighted by molar-refractivity contribution is 5.83. The van der Waals surface area contributed by atoms with Crippen molar-refractivity contribution in [3.05, 3.63) is 0 Å². The van der Waals surface area contributed by atoms with Gasteiger partial charge in [0, 0.05) is 24.5 Å². The molecule has 0 fully saturated rings. The van der Waals surface area contributed by atoms with Crippen molar-refractivity contribution < 1.29 is 14.3 Å². The van der Waals surface area contributed by atoms with Gasteiger partial charge < -0.3 is 10.1 Å². The molecule has 2 unspecified atom stereocenters. The van der Waals surface area contributed by atoms with Crippen LogP contribution in [-0.4, -0.2) is 30.9 Å². The number of nitrogens with one attached hydrogen (secondary N) is 1. The molecule has 0 aromatic heterocycles. The molecule has 0 rings (SSSR count). The van der Waals surface area contributed by atoms with E-state index in [1.807, 2.05) is 34.6 Å². The Bertz CT molecular complexity index is 300. The van der Waals surface area contributed by atoms with Crippen molar-refractivity contribution in [2.75, 3.05) is 13.2 Å². The van der Waals surface area contributed by atoms with Crippen LogP contribution in [-0.2, 0) is 14.3 Å². The molecular formula is C15H29NO3. The zero-order chi connectivity index (χ0) is 15.1. The third kappa shape index (κ3) is 7.31. The highest BCUT2D eigenvalue weighted by Crippen LogP contribution is 2.26. The van der Waals surface area contributed by atoms with Crippen LogP contribution in [0.15, 0.2) is 0 Å². The molecule has 0 bridgehead atoms. The van der Waals surface area contributed by atoms with Crippen LogP contribution in [0.1, 0.15) is 54.4 Å². The third-order valence-corrected chi connectivity index (χ3v) is 3.41. The van der Waals surface area contributed by atoms with Gasteiger partial charge >= 0.3 is 0 Å². The number of carbonyl (C=O) groups is 2. The maximum Gasteiger partial charge on any atom is 0.225 e. The molecule has 0 radical (unpaired) electrons. The standard InChI is InChI=1S/C15H29NO3/c1-7-19-12(3)8-9-16-14(18)15(5,6)10-11(2)13(4)17/h11-12H,7-10H2,1-6H3,(H,16,18). The lowest BCUT2D eigenvalue weighted by atomic mass is 9.81. The number of Topliss-reactive ketones (excluding diaryl/α,β-unsaturated/α-hetero) is 1. The van der Waals surface area contributed by atoms with Gasteiger partial charge in [-0.2, -0.15) is 0 Å². The molecule has 4 nitrogen and oxygen atoms in total. The molecule has 112 valence electrons. The van der Waals surface area contributed by atoms with Crippen LogP contribution in [0, 0.1) is 11.3 Å². The number of ether oxygens (including phenoxy) is 1. The van der Waals surface area contributed by atoms with E-state index in [-0.39, 0.29) is 23.7 Å². The van der Waals surface area contributed by atoms with Crippen LogP contribution in [0.4, 0.5) is 0 Å². The average Bonchev–Trinajstić information content (AvgIpc) is 2.28. The number of hydrogen-bond donors (Lipinski definition) is 1. The van der Waals surface area contributed by atoms with Crippen LogP contribution < -0.4 is 5.32 Å². The maximum atomic E-state index is 12.1. The monoisotopic (exact) mass is 271 g/mol. The quantitative estimate of drug-likeness (QED) is 0.701. The minimum Gasteiger partial charge on any atom is -0.379 e. The van der Waals surface area contributed by atoms with Crippen LogP contribution in [0.5, 0.6) is 0 Å². The summed E-state index contributed by atoms with van der Waals surface area (Å²) in [5, 5.41) is 2.93. The van der Waals surface area contributed by atoms with Gasteiger partial charge in [0.1, 0.15) is 5.78 Å². The average molecular weight is 271 g/mol. The number of amides is 1. The molecule has 19 heavy (non-hydrogen) atoms. The van der Waals surface area contributed by atoms with Crippen molar-refractivity contribution in [1.82, 2.24) is 5.32 Å². The predicted octanol–water partition coefficient (Wildman–Crippen LogP) is 2.56. The largest absolute Gasteiger partial charge is 0.379 e. The summed E-state index contributed by atoms with van der Waals surface area (Å²) in [6.07, 6.45) is 1.54. The van der Waals surface area contributed by atoms with Crippen LogP contribution >= 0.6 is 0 Å². The van der Waals surface area contributed by atoms with E-state index in [1.54, 1.807) is 6.92 Å². The lowest BCUT2D eigenvalue weighted by molar-refractivity contribution is -0.131. The van der Waals surface area contributed by atoms with Gasteiger partial charge in [0.25, 0.3) is 0 Å². The third-order valence-electron chi connectivity index (χ3n) is 3.41. The fraction of sp³-hybridized carbons (Fsp3) is 0.867. The van der Waals surface area contributed by atoms with Gasteiger partial charge in [-0.25, -0.2) is 0 Å². The summed E-state index contributed by atoms with van der Waals surface area (Å²) in [5.74, 6) is 0.0539. The first-order chi connectivity index (χ1) is 8.70. The molecule has 0 spiro atoms. The Morgan fingerprint density at radius 3 is 2.32 bits per heavy atom. The Labute approximate surface area is 117 Å². The zero-order valence-electron chi connectivity index (χ0n) is 13.2. The van der Waals surface area contributed by atoms with Crippen molar-refractivity contribution >= 4 is 11.7 Å². The van der Waals surface area contributed by atoms with Crippen molar-refractivity contribution in [3.8, 4) is 0 Å². The Kier molecular flexibility index (Phi) is 7.91. The Morgan fingerprint density at radius 1 is 1.26 bits per heavy atom. The van der Waals surface area contributed by atoms with Crippen LogP contribution in [0.25, 0.3) is 0 Å². The Balaban J connectivity index is 4.14. The highest BCUT2D eigenvalue weighted by atomic mass is 16.5. The van der Waals surface area contributed by atoms with Gasteiger partial charge in [0.05, 0.1) is 6.10 Å². The lowest BCUT2D eigenvalue weighted by Gasteiger charge is -2.26. The van der Waals surface area contributed by atoms with E-state index in [2.05, 4.69) is 5.32 Å². The number of rotatable bonds is 9. The molecule has 0 aliphatic heterocycles. The Morgan fingerprint density at radius 2 is 1.84 bits per heavy atom. The molecule has 0 saturated heterocycles. The second-order valence-corrected chi connectivity index (χ2v) is 5.91. The fourth-order valence-electron chi connectivity index (χ4n) is 2.00. The second-order valence-electron chi connectivity index (χ2n) is 5.91. The van der Waals surface area contributed by atoms with Gasteiger partial charge in [-0.15, -0.1) is 0 Å². The first kappa shape index (κ1) is 18.1. The zero-order valence-corrected chi connectivity index (χ0v) is 13.2. The second kappa shape index (κ2) is 8.31. The summed E-state index contributed by atoms with van der Waals surface area (Å²) < 4.78 is 5.41. The molecule has 0 saturated carbocycles. The van der Waals surface area contributed by atoms with E-state index in [0.717, 1.165) is 6.42 Å². The normalized spacial score (nSPS) is 14.8. The molecule has 0 aliphatic rings. The molecule has 1 N–H and O–H groups in total. The molecular weight excluding hydrogens is 242 g/mol. The first-order valence-electron chi connectivity index (χ1n) is 7.11. The summed E-state index contributed by atoms with van der Waals surface area (Å²) in [4.78, 5) is 23.4. The molecule has 0 aromatic rings. The van der Waals surface area contributed by atoms with Gasteiger partial charge in [0.15, 0.2) is 0 Å². The van der Waals surface area contributed by atoms with E-state index < -0.39 is 5.41 Å². The predicted molar refractivity (Wildman–Crippen MR) is 77.0 cm³/mol. The molecule has 0 aromatic carbocycles. The van der Waals surface area contributed by atoms with E-state index >= 15 is 0 Å². The summed E-state index contributed by atoms with van der Waals surface area (Å²) >= 11 is 0. The first-order valence-corrected chi connectivity index (χ1v) is 7.11. The number of carbonyl (C=O) groups excluding carboxylic acids is 2. The summed E-state index contributed by atoms with van der Waals surface area (Å²) in [6.45, 7) is 12.5. The molecule has 0 heterocycles. The highest BCUT2D eigenvalue weighted by Gasteiger charge is 2.30. The van der Waals surface area contributed by atoms with Crippen LogP contribution in [0.3, 0.4) is 0 Å². The molecule has 1 amide bonds. The van der Waals surface area contributed by atoms with Crippen LogP contribution in [0.2, 0.25) is 0 Å². The fourth-order valence-corrected chi connectivity index (χ4v) is 2.00. The van der Waals surface area contributed by atoms with Gasteiger partial charge in [-0.05, 0) is 33.6 Å². The van der Waals surface area contributed by atoms with Crippen molar-refractivity contribution in [3.63, 3.8) is 0 Å². The minimum absolute atomic E-state index is 0.00398. The van der Waals surface area contributed by atoms with Gasteiger partial charge in [0.2, 0.25) is 5.91 Å². The minimum atomic E-state index is -0.514. The topological polar surface area (TPSA) is 55.4 Å². The molecule has 4 heteroatoms. The smallest absolute Gasteiger partial charge is 0.225 e. The summed E-state index contributed by atoms with van der Waals surface area (Å²) in [7, 11) is 0. The van der Waals surface area contributed by atoms with E-state index in [4.69, 9.17) is 4.74 Å². The van der Waals surface area contributed by atoms with E-state index in [9.17, 15) is 9.59 Å². The number of ketones is 1. The van der Waals surface area contributed by atoms with Crippen molar-refractivity contribution in [2.45, 2.75) is 60.5 Å². The molecule has 2 atom stereocenters. The lowest BCUT2D eigenvalue weighted by Crippen LogP contribution is -2.39. The van der Waals surface area contributed by atoms with Gasteiger partial charge in [-0.3, -0.25) is 9.59 Å². The van der Waals surface area contributed by atoms with E-state index in [1.165, 1.54) is 0 Å². The van der Waals surface area contributed by atoms with E-state index in [0.29, 0.717) is 19.6 Å². The van der Waals surface area contributed by atoms with Gasteiger partial charge in [-0.1, -0.05) is 20.8 Å². The molecule has 0 aliphatic carbocycles. The SMILES string of the molecule is CCOC(C)CCNC(=O)C(C)(C)CC(C)C(C)=O. The Hall–Kier alpha value is -0.900. The number of hydrogen-bond acceptors (Lipinski definition) is 3. The maximum absolute atomic E-state index is 12.1. The summed E-state index contributed by atoms with van der Waals surface area (Å²) in [5.41, 5.74) is -0.514.